The number of piperidine rings is 1. The predicted molar refractivity (Wildman–Crippen MR) is 75.8 cm³/mol. The molecule has 3 rings (SSSR count). The molecule has 0 aromatic heterocycles. The van der Waals surface area contributed by atoms with Gasteiger partial charge >= 0.3 is 0 Å². The van der Waals surface area contributed by atoms with Gasteiger partial charge in [0, 0.05) is 24.5 Å². The molecule has 2 atom stereocenters. The summed E-state index contributed by atoms with van der Waals surface area (Å²) in [5.74, 6) is -0.121. The SMILES string of the molecule is O=C(CCc1ccc(F)cc1)NC1CC2CCC(C1)N2. The molecule has 1 aromatic carbocycles. The minimum absolute atomic E-state index is 0.112. The van der Waals surface area contributed by atoms with E-state index >= 15 is 0 Å². The van der Waals surface area contributed by atoms with Crippen LogP contribution >= 0.6 is 0 Å². The van der Waals surface area contributed by atoms with Gasteiger partial charge in [0.1, 0.15) is 5.82 Å². The number of carbonyl (C=O) groups excluding carboxylic acids is 1. The summed E-state index contributed by atoms with van der Waals surface area (Å²) in [6.45, 7) is 0. The van der Waals surface area contributed by atoms with Gasteiger partial charge in [0.15, 0.2) is 0 Å². The number of hydrogen-bond acceptors (Lipinski definition) is 2. The van der Waals surface area contributed by atoms with Gasteiger partial charge in [0.05, 0.1) is 0 Å². The van der Waals surface area contributed by atoms with Crippen molar-refractivity contribution in [2.75, 3.05) is 0 Å². The van der Waals surface area contributed by atoms with Gasteiger partial charge in [-0.2, -0.15) is 0 Å². The molecule has 0 saturated carbocycles. The number of carbonyl (C=O) groups is 1. The predicted octanol–water partition coefficient (Wildman–Crippen LogP) is 2.16. The molecule has 2 heterocycles. The van der Waals surface area contributed by atoms with Crippen LogP contribution in [0.5, 0.6) is 0 Å². The molecule has 4 heteroatoms. The summed E-state index contributed by atoms with van der Waals surface area (Å²) in [6.07, 6.45) is 5.74. The minimum Gasteiger partial charge on any atom is -0.353 e. The molecule has 2 unspecified atom stereocenters. The fraction of sp³-hybridized carbons (Fsp3) is 0.562. The normalized spacial score (nSPS) is 28.4. The lowest BCUT2D eigenvalue weighted by Gasteiger charge is -2.29. The van der Waals surface area contributed by atoms with Crippen molar-refractivity contribution in [3.05, 3.63) is 35.6 Å². The highest BCUT2D eigenvalue weighted by Crippen LogP contribution is 2.26. The van der Waals surface area contributed by atoms with Crippen molar-refractivity contribution in [2.24, 2.45) is 0 Å². The lowest BCUT2D eigenvalue weighted by molar-refractivity contribution is -0.122. The number of aryl methyl sites for hydroxylation is 1. The maximum atomic E-state index is 12.8. The first-order chi connectivity index (χ1) is 9.69. The van der Waals surface area contributed by atoms with Gasteiger partial charge in [-0.3, -0.25) is 4.79 Å². The second kappa shape index (κ2) is 5.92. The van der Waals surface area contributed by atoms with E-state index in [4.69, 9.17) is 0 Å². The molecule has 20 heavy (non-hydrogen) atoms. The third-order valence-corrected chi connectivity index (χ3v) is 4.39. The summed E-state index contributed by atoms with van der Waals surface area (Å²) in [7, 11) is 0. The molecule has 2 N–H and O–H groups in total. The standard InChI is InChI=1S/C16H21FN2O/c17-12-4-1-11(2-5-12)3-8-16(20)19-15-9-13-6-7-14(10-15)18-13/h1-2,4-5,13-15,18H,3,6-10H2,(H,19,20). The molecule has 1 amide bonds. The first-order valence-electron chi connectivity index (χ1n) is 7.49. The van der Waals surface area contributed by atoms with Crippen LogP contribution < -0.4 is 10.6 Å². The number of amides is 1. The van der Waals surface area contributed by atoms with Crippen molar-refractivity contribution < 1.29 is 9.18 Å². The summed E-state index contributed by atoms with van der Waals surface area (Å²) in [4.78, 5) is 12.0. The van der Waals surface area contributed by atoms with E-state index in [9.17, 15) is 9.18 Å². The zero-order valence-corrected chi connectivity index (χ0v) is 11.6. The monoisotopic (exact) mass is 276 g/mol. The molecule has 2 bridgehead atoms. The highest BCUT2D eigenvalue weighted by molar-refractivity contribution is 5.76. The van der Waals surface area contributed by atoms with E-state index in [0.717, 1.165) is 18.4 Å². The topological polar surface area (TPSA) is 41.1 Å². The van der Waals surface area contributed by atoms with Crippen molar-refractivity contribution in [1.29, 1.82) is 0 Å². The number of benzene rings is 1. The smallest absolute Gasteiger partial charge is 0.220 e. The second-order valence-corrected chi connectivity index (χ2v) is 6.00. The van der Waals surface area contributed by atoms with Crippen LogP contribution in [0, 0.1) is 5.82 Å². The number of halogens is 1. The molecular formula is C16H21FN2O. The van der Waals surface area contributed by atoms with Crippen molar-refractivity contribution in [2.45, 2.75) is 56.7 Å². The molecule has 2 saturated heterocycles. The van der Waals surface area contributed by atoms with Gasteiger partial charge in [-0.1, -0.05) is 12.1 Å². The molecule has 0 radical (unpaired) electrons. The van der Waals surface area contributed by atoms with Crippen molar-refractivity contribution >= 4 is 5.91 Å². The minimum atomic E-state index is -0.233. The van der Waals surface area contributed by atoms with Crippen molar-refractivity contribution in [1.82, 2.24) is 10.6 Å². The van der Waals surface area contributed by atoms with Crippen LogP contribution in [0.25, 0.3) is 0 Å². The third-order valence-electron chi connectivity index (χ3n) is 4.39. The Morgan fingerprint density at radius 1 is 1.20 bits per heavy atom. The quantitative estimate of drug-likeness (QED) is 0.885. The van der Waals surface area contributed by atoms with Crippen LogP contribution in [-0.2, 0) is 11.2 Å². The highest BCUT2D eigenvalue weighted by atomic mass is 19.1. The molecular weight excluding hydrogens is 255 g/mol. The molecule has 2 fully saturated rings. The summed E-state index contributed by atoms with van der Waals surface area (Å²) in [6, 6.07) is 7.89. The van der Waals surface area contributed by atoms with Crippen molar-refractivity contribution in [3.63, 3.8) is 0 Å². The lowest BCUT2D eigenvalue weighted by atomic mass is 9.99. The van der Waals surface area contributed by atoms with E-state index in [0.29, 0.717) is 31.0 Å². The molecule has 3 nitrogen and oxygen atoms in total. The molecule has 2 aliphatic heterocycles. The molecule has 0 aliphatic carbocycles. The van der Waals surface area contributed by atoms with E-state index in [1.807, 2.05) is 0 Å². The molecule has 108 valence electrons. The average Bonchev–Trinajstić information content (AvgIpc) is 2.77. The second-order valence-electron chi connectivity index (χ2n) is 6.00. The van der Waals surface area contributed by atoms with E-state index < -0.39 is 0 Å². The van der Waals surface area contributed by atoms with Crippen LogP contribution in [-0.4, -0.2) is 24.0 Å². The fourth-order valence-electron chi connectivity index (χ4n) is 3.38. The van der Waals surface area contributed by atoms with Gasteiger partial charge in [-0.05, 0) is 49.8 Å². The van der Waals surface area contributed by atoms with Crippen LogP contribution in [0.15, 0.2) is 24.3 Å². The first-order valence-corrected chi connectivity index (χ1v) is 7.49. The molecule has 2 aliphatic rings. The van der Waals surface area contributed by atoms with E-state index in [-0.39, 0.29) is 11.7 Å². The number of hydrogen-bond donors (Lipinski definition) is 2. The number of fused-ring (bicyclic) bond motifs is 2. The fourth-order valence-corrected chi connectivity index (χ4v) is 3.38. The van der Waals surface area contributed by atoms with E-state index in [2.05, 4.69) is 10.6 Å². The lowest BCUT2D eigenvalue weighted by Crippen LogP contribution is -2.48. The van der Waals surface area contributed by atoms with Gasteiger partial charge in [-0.25, -0.2) is 4.39 Å². The van der Waals surface area contributed by atoms with E-state index in [1.165, 1.54) is 25.0 Å². The highest BCUT2D eigenvalue weighted by Gasteiger charge is 2.33. The van der Waals surface area contributed by atoms with Gasteiger partial charge in [0.25, 0.3) is 0 Å². The zero-order valence-electron chi connectivity index (χ0n) is 11.6. The number of rotatable bonds is 4. The summed E-state index contributed by atoms with van der Waals surface area (Å²) >= 11 is 0. The Kier molecular flexibility index (Phi) is 4.01. The average molecular weight is 276 g/mol. The zero-order chi connectivity index (χ0) is 13.9. The van der Waals surface area contributed by atoms with Gasteiger partial charge in [0.2, 0.25) is 5.91 Å². The van der Waals surface area contributed by atoms with Gasteiger partial charge < -0.3 is 10.6 Å². The summed E-state index contributed by atoms with van der Waals surface area (Å²) in [5.41, 5.74) is 1.01. The molecule has 0 spiro atoms. The van der Waals surface area contributed by atoms with Crippen LogP contribution in [0.3, 0.4) is 0 Å². The Bertz CT molecular complexity index is 462. The summed E-state index contributed by atoms with van der Waals surface area (Å²) < 4.78 is 12.8. The maximum Gasteiger partial charge on any atom is 0.220 e. The first kappa shape index (κ1) is 13.6. The Balaban J connectivity index is 1.44. The Morgan fingerprint density at radius 3 is 2.50 bits per heavy atom. The molecule has 1 aromatic rings. The third kappa shape index (κ3) is 3.37. The largest absolute Gasteiger partial charge is 0.353 e. The van der Waals surface area contributed by atoms with E-state index in [1.54, 1.807) is 12.1 Å². The summed E-state index contributed by atoms with van der Waals surface area (Å²) in [5, 5.41) is 6.72. The Hall–Kier alpha value is -1.42. The maximum absolute atomic E-state index is 12.8. The van der Waals surface area contributed by atoms with Crippen LogP contribution in [0.1, 0.15) is 37.7 Å². The van der Waals surface area contributed by atoms with Crippen LogP contribution in [0.4, 0.5) is 4.39 Å². The van der Waals surface area contributed by atoms with Crippen LogP contribution in [0.2, 0.25) is 0 Å². The Labute approximate surface area is 118 Å². The van der Waals surface area contributed by atoms with Gasteiger partial charge in [-0.15, -0.1) is 0 Å². The van der Waals surface area contributed by atoms with Crippen molar-refractivity contribution in [3.8, 4) is 0 Å². The number of nitrogens with one attached hydrogen (secondary N) is 2. The Morgan fingerprint density at radius 2 is 1.85 bits per heavy atom.